The topological polar surface area (TPSA) is 132 Å². The van der Waals surface area contributed by atoms with Crippen LogP contribution >= 0.6 is 23.2 Å². The lowest BCUT2D eigenvalue weighted by Crippen LogP contribution is -2.60. The van der Waals surface area contributed by atoms with Gasteiger partial charge < -0.3 is 10.2 Å². The largest absolute Gasteiger partial charge is 0.508 e. The second-order valence-corrected chi connectivity index (χ2v) is 13.0. The number of carboxylic acids is 1. The normalized spacial score (nSPS) is 30.4. The number of carboxylic acid groups (broad SMARTS) is 1. The van der Waals surface area contributed by atoms with Crippen LogP contribution in [-0.2, 0) is 24.0 Å². The number of anilines is 1. The summed E-state index contributed by atoms with van der Waals surface area (Å²) in [6, 6.07) is 3.94. The molecular weight excluding hydrogens is 666 g/mol. The molecule has 16 heteroatoms. The van der Waals surface area contributed by atoms with Gasteiger partial charge in [0.25, 0.3) is 11.8 Å². The molecule has 2 aliphatic carbocycles. The van der Waals surface area contributed by atoms with E-state index in [1.165, 1.54) is 31.2 Å². The van der Waals surface area contributed by atoms with Gasteiger partial charge in [0.1, 0.15) is 11.4 Å². The number of phenolic OH excluding ortho intramolecular Hbond substituents is 1. The van der Waals surface area contributed by atoms with Gasteiger partial charge in [-0.25, -0.2) is 26.9 Å². The quantitative estimate of drug-likeness (QED) is 0.119. The Kier molecular flexibility index (Phi) is 7.28. The lowest BCUT2D eigenvalue weighted by molar-refractivity contribution is -0.142. The van der Waals surface area contributed by atoms with Gasteiger partial charge in [0.05, 0.1) is 18.3 Å². The molecule has 2 aromatic rings. The Morgan fingerprint density at radius 3 is 2.13 bits per heavy atom. The molecule has 0 spiro atoms. The van der Waals surface area contributed by atoms with E-state index in [2.05, 4.69) is 0 Å². The number of alkyl halides is 2. The number of amides is 4. The number of carbonyl (C=O) groups is 5. The molecule has 2 heterocycles. The molecule has 3 fully saturated rings. The molecule has 242 valence electrons. The molecule has 2 aromatic carbocycles. The van der Waals surface area contributed by atoms with Crippen molar-refractivity contribution >= 4 is 58.5 Å². The molecule has 0 aromatic heterocycles. The monoisotopic (exact) mass is 686 g/mol. The highest BCUT2D eigenvalue weighted by Gasteiger charge is 2.77. The summed E-state index contributed by atoms with van der Waals surface area (Å²) < 4.78 is 72.6. The molecule has 0 radical (unpaired) electrons. The molecule has 0 unspecified atom stereocenters. The van der Waals surface area contributed by atoms with E-state index in [0.29, 0.717) is 0 Å². The van der Waals surface area contributed by atoms with Crippen molar-refractivity contribution in [1.82, 2.24) is 4.90 Å². The number of benzene rings is 2. The van der Waals surface area contributed by atoms with Crippen LogP contribution in [0.1, 0.15) is 36.3 Å². The molecule has 2 N–H and O–H groups in total. The zero-order valence-electron chi connectivity index (χ0n) is 23.4. The molecule has 6 atom stereocenters. The van der Waals surface area contributed by atoms with Gasteiger partial charge in [-0.2, -0.15) is 0 Å². The molecule has 4 amide bonds. The summed E-state index contributed by atoms with van der Waals surface area (Å²) in [5.74, 6) is -23.4. The van der Waals surface area contributed by atoms with Crippen LogP contribution in [0.3, 0.4) is 0 Å². The standard InChI is InChI=1S/C30H21Cl2F5N2O7/c1-10-8-11(2-5-15(10)40)18-12-3-4-13-17(26(44)38(25(13)43)7-6-16(41)42)14(12)9-29(31)27(45)39(28(46)30(18,29)32)24-22(36)20(34)19(33)21(35)23(24)37/h2-3,5,8,13-14,17-18,40H,4,6-7,9H2,1H3,(H,41,42)/t13-,14+,17-,18-,29+,30-/m0/s1. The van der Waals surface area contributed by atoms with Crippen molar-refractivity contribution in [1.29, 1.82) is 0 Å². The maximum Gasteiger partial charge on any atom is 0.305 e. The first kappa shape index (κ1) is 31.9. The van der Waals surface area contributed by atoms with Gasteiger partial charge in [0.2, 0.25) is 17.6 Å². The fraction of sp³-hybridized carbons (Fsp3) is 0.367. The maximum absolute atomic E-state index is 15.1. The summed E-state index contributed by atoms with van der Waals surface area (Å²) in [6.45, 7) is 1.04. The minimum atomic E-state index is -2.68. The predicted molar refractivity (Wildman–Crippen MR) is 148 cm³/mol. The molecule has 0 bridgehead atoms. The Balaban J connectivity index is 1.56. The zero-order valence-corrected chi connectivity index (χ0v) is 24.9. The van der Waals surface area contributed by atoms with Crippen LogP contribution < -0.4 is 4.90 Å². The third-order valence-corrected chi connectivity index (χ3v) is 10.8. The van der Waals surface area contributed by atoms with Crippen LogP contribution in [0.4, 0.5) is 27.6 Å². The smallest absolute Gasteiger partial charge is 0.305 e. The number of imide groups is 2. The fourth-order valence-electron chi connectivity index (χ4n) is 7.29. The van der Waals surface area contributed by atoms with Crippen LogP contribution in [0.15, 0.2) is 29.8 Å². The van der Waals surface area contributed by atoms with Gasteiger partial charge in [-0.3, -0.25) is 28.9 Å². The van der Waals surface area contributed by atoms with Crippen molar-refractivity contribution in [2.24, 2.45) is 17.8 Å². The van der Waals surface area contributed by atoms with Gasteiger partial charge in [-0.15, -0.1) is 23.2 Å². The number of hydrogen-bond donors (Lipinski definition) is 2. The number of likely N-dealkylation sites (tertiary alicyclic amines) is 1. The van der Waals surface area contributed by atoms with Crippen LogP contribution in [0.2, 0.25) is 0 Å². The molecule has 2 aliphatic heterocycles. The average Bonchev–Trinajstić information content (AvgIpc) is 3.33. The molecule has 46 heavy (non-hydrogen) atoms. The lowest BCUT2D eigenvalue weighted by atomic mass is 9.56. The minimum absolute atomic E-state index is 0.0794. The number of carbonyl (C=O) groups excluding carboxylic acids is 4. The Morgan fingerprint density at radius 1 is 0.935 bits per heavy atom. The summed E-state index contributed by atoms with van der Waals surface area (Å²) in [4.78, 5) is 61.5. The third kappa shape index (κ3) is 4.01. The van der Waals surface area contributed by atoms with Gasteiger partial charge in [-0.1, -0.05) is 23.8 Å². The average molecular weight is 687 g/mol. The number of rotatable bonds is 5. The van der Waals surface area contributed by atoms with Gasteiger partial charge in [0, 0.05) is 12.5 Å². The first-order chi connectivity index (χ1) is 21.5. The Hall–Kier alpha value is -4.04. The summed E-state index contributed by atoms with van der Waals surface area (Å²) in [6.07, 6.45) is 0.209. The first-order valence-electron chi connectivity index (χ1n) is 13.8. The third-order valence-electron chi connectivity index (χ3n) is 9.42. The van der Waals surface area contributed by atoms with E-state index in [1.807, 2.05) is 0 Å². The van der Waals surface area contributed by atoms with Crippen molar-refractivity contribution in [3.8, 4) is 5.75 Å². The van der Waals surface area contributed by atoms with Gasteiger partial charge in [0.15, 0.2) is 33.0 Å². The number of allylic oxidation sites excluding steroid dienone is 2. The number of aromatic hydroxyl groups is 1. The SMILES string of the molecule is Cc1cc([C@H]2C3=CC[C@@H]4C(=O)N(CCC(=O)O)C(=O)[C@@H]4[C@@H]3C[C@@]3(Cl)C(=O)N(c4c(F)c(F)c(F)c(F)c4F)C(=O)[C@@]23Cl)ccc1O. The highest BCUT2D eigenvalue weighted by Crippen LogP contribution is 2.66. The van der Waals surface area contributed by atoms with Crippen LogP contribution in [0, 0.1) is 53.8 Å². The van der Waals surface area contributed by atoms with E-state index in [1.54, 1.807) is 0 Å². The maximum atomic E-state index is 15.1. The predicted octanol–water partition coefficient (Wildman–Crippen LogP) is 4.43. The number of aliphatic carboxylic acids is 1. The minimum Gasteiger partial charge on any atom is -0.508 e. The van der Waals surface area contributed by atoms with E-state index >= 15 is 8.78 Å². The molecular formula is C30H21Cl2F5N2O7. The van der Waals surface area contributed by atoms with Crippen molar-refractivity contribution in [2.45, 2.75) is 41.9 Å². The Bertz CT molecular complexity index is 1810. The second-order valence-electron chi connectivity index (χ2n) is 11.7. The molecule has 9 nitrogen and oxygen atoms in total. The molecule has 2 saturated heterocycles. The fourth-order valence-corrected chi connectivity index (χ4v) is 8.23. The first-order valence-corrected chi connectivity index (χ1v) is 14.6. The number of nitrogens with zero attached hydrogens (tertiary/aromatic N) is 2. The number of fused-ring (bicyclic) bond motifs is 4. The van der Waals surface area contributed by atoms with E-state index < -0.39 is 117 Å². The van der Waals surface area contributed by atoms with Gasteiger partial charge >= 0.3 is 5.97 Å². The summed E-state index contributed by atoms with van der Waals surface area (Å²) in [5.41, 5.74) is -1.25. The second kappa shape index (κ2) is 10.5. The number of phenols is 1. The van der Waals surface area contributed by atoms with Crippen LogP contribution in [-0.4, -0.2) is 61.0 Å². The summed E-state index contributed by atoms with van der Waals surface area (Å²) in [5, 5.41) is 19.3. The number of halogens is 7. The van der Waals surface area contributed by atoms with E-state index in [4.69, 9.17) is 28.3 Å². The van der Waals surface area contributed by atoms with E-state index in [-0.39, 0.29) is 33.8 Å². The summed E-state index contributed by atoms with van der Waals surface area (Å²) in [7, 11) is 0. The van der Waals surface area contributed by atoms with Crippen LogP contribution in [0.25, 0.3) is 0 Å². The molecule has 1 saturated carbocycles. The van der Waals surface area contributed by atoms with E-state index in [0.717, 1.165) is 4.90 Å². The lowest BCUT2D eigenvalue weighted by Gasteiger charge is -2.50. The Morgan fingerprint density at radius 2 is 1.54 bits per heavy atom. The van der Waals surface area contributed by atoms with Crippen molar-refractivity contribution < 1.29 is 56.1 Å². The molecule has 6 rings (SSSR count). The number of hydrogen-bond acceptors (Lipinski definition) is 6. The van der Waals surface area contributed by atoms with E-state index in [9.17, 15) is 42.3 Å². The molecule has 4 aliphatic rings. The van der Waals surface area contributed by atoms with Crippen LogP contribution in [0.5, 0.6) is 5.75 Å². The van der Waals surface area contributed by atoms with Crippen molar-refractivity contribution in [3.63, 3.8) is 0 Å². The summed E-state index contributed by atoms with van der Waals surface area (Å²) >= 11 is 14.0. The number of aryl methyl sites for hydroxylation is 1. The highest BCUT2D eigenvalue weighted by atomic mass is 35.5. The zero-order chi connectivity index (χ0) is 33.8. The van der Waals surface area contributed by atoms with Gasteiger partial charge in [-0.05, 0) is 42.9 Å². The van der Waals surface area contributed by atoms with Crippen molar-refractivity contribution in [2.75, 3.05) is 11.4 Å². The highest BCUT2D eigenvalue weighted by molar-refractivity contribution is 6.58. The Labute approximate surface area is 266 Å². The van der Waals surface area contributed by atoms with Crippen molar-refractivity contribution in [3.05, 3.63) is 70.1 Å².